The highest BCUT2D eigenvalue weighted by atomic mass is 79.9. The van der Waals surface area contributed by atoms with Gasteiger partial charge in [0.2, 0.25) is 9.70 Å². The molecule has 0 aromatic heterocycles. The number of ether oxygens (including phenoxy) is 3. The first-order chi connectivity index (χ1) is 22.3. The van der Waals surface area contributed by atoms with E-state index in [1.807, 2.05) is 6.92 Å². The third kappa shape index (κ3) is 8.69. The van der Waals surface area contributed by atoms with Crippen LogP contribution in [0.3, 0.4) is 0 Å². The van der Waals surface area contributed by atoms with Crippen LogP contribution in [0.4, 0.5) is 10.5 Å². The van der Waals surface area contributed by atoms with E-state index in [9.17, 15) is 29.3 Å². The van der Waals surface area contributed by atoms with E-state index >= 15 is 0 Å². The normalized spacial score (nSPS) is 19.6. The predicted octanol–water partition coefficient (Wildman–Crippen LogP) is 5.28. The zero-order valence-corrected chi connectivity index (χ0v) is 29.3. The Morgan fingerprint density at radius 3 is 2.43 bits per heavy atom. The fourth-order valence-electron chi connectivity index (χ4n) is 4.67. The number of nitro benzene ring substituents is 1. The molecule has 2 heterocycles. The summed E-state index contributed by atoms with van der Waals surface area (Å²) in [6.07, 6.45) is -0.466. The first kappa shape index (κ1) is 36.8. The van der Waals surface area contributed by atoms with E-state index in [-0.39, 0.29) is 35.7 Å². The summed E-state index contributed by atoms with van der Waals surface area (Å²) in [6.45, 7) is 1.11. The molecule has 1 saturated heterocycles. The molecular formula is C29H28BrCl3N4O9S. The van der Waals surface area contributed by atoms with E-state index in [2.05, 4.69) is 26.6 Å². The second kappa shape index (κ2) is 15.9. The molecule has 4 rings (SSSR count). The lowest BCUT2D eigenvalue weighted by atomic mass is 9.96. The Bertz CT molecular complexity index is 1550. The molecule has 13 nitrogen and oxygen atoms in total. The van der Waals surface area contributed by atoms with Crippen LogP contribution in [0.15, 0.2) is 65.9 Å². The lowest BCUT2D eigenvalue weighted by molar-refractivity contribution is -0.384. The standard InChI is InChI=1S/C29H28BrCl3N4O9S/c1-2-12-46-29(25(40)36-22(19(13-30)15-47-26(29)36)24(39)45-16-28(31,32)33)35-23(38)21(18-6-4-3-5-7-18)34-27(41)44-14-17-8-10-20(11-9-17)37(42)43/h3-11,21,26H,2,12-16H2,1H3,(H,34,41)(H,35,38)/t21?,26-,29?/m0/s1. The van der Waals surface area contributed by atoms with Crippen LogP contribution in [0, 0.1) is 10.1 Å². The maximum absolute atomic E-state index is 13.9. The summed E-state index contributed by atoms with van der Waals surface area (Å²) in [6, 6.07) is 12.4. The Balaban J connectivity index is 1.55. The Labute approximate surface area is 296 Å². The number of alkyl halides is 4. The Morgan fingerprint density at radius 1 is 1.15 bits per heavy atom. The Morgan fingerprint density at radius 2 is 1.83 bits per heavy atom. The lowest BCUT2D eigenvalue weighted by Gasteiger charge is -2.56. The molecule has 47 heavy (non-hydrogen) atoms. The number of benzene rings is 2. The highest BCUT2D eigenvalue weighted by molar-refractivity contribution is 9.09. The highest BCUT2D eigenvalue weighted by Gasteiger charge is 2.67. The van der Waals surface area contributed by atoms with Gasteiger partial charge in [-0.15, -0.1) is 11.8 Å². The van der Waals surface area contributed by atoms with Crippen molar-refractivity contribution in [2.24, 2.45) is 0 Å². The second-order valence-corrected chi connectivity index (χ2v) is 14.3. The van der Waals surface area contributed by atoms with Gasteiger partial charge in [-0.1, -0.05) is 88.0 Å². The number of amides is 3. The zero-order valence-electron chi connectivity index (χ0n) is 24.6. The summed E-state index contributed by atoms with van der Waals surface area (Å²) in [5, 5.41) is 15.5. The summed E-state index contributed by atoms with van der Waals surface area (Å²) in [5.74, 6) is -2.13. The van der Waals surface area contributed by atoms with Gasteiger partial charge in [0.25, 0.3) is 17.3 Å². The molecule has 3 amide bonds. The van der Waals surface area contributed by atoms with E-state index in [1.165, 1.54) is 40.9 Å². The minimum atomic E-state index is -1.90. The van der Waals surface area contributed by atoms with Gasteiger partial charge in [0.05, 0.1) is 4.92 Å². The van der Waals surface area contributed by atoms with Crippen molar-refractivity contribution in [3.8, 4) is 0 Å². The molecule has 2 aromatic carbocycles. The molecule has 2 N–H and O–H groups in total. The van der Waals surface area contributed by atoms with Crippen LogP contribution in [-0.4, -0.2) is 72.9 Å². The number of alkyl carbamates (subject to hydrolysis) is 1. The molecule has 2 aromatic rings. The van der Waals surface area contributed by atoms with Crippen molar-refractivity contribution >= 4 is 92.1 Å². The number of hydrogen-bond acceptors (Lipinski definition) is 10. The maximum Gasteiger partial charge on any atom is 0.408 e. The number of non-ortho nitro benzene ring substituents is 1. The monoisotopic (exact) mass is 792 g/mol. The van der Waals surface area contributed by atoms with E-state index < -0.39 is 56.3 Å². The first-order valence-corrected chi connectivity index (χ1v) is 17.3. The van der Waals surface area contributed by atoms with E-state index in [0.717, 1.165) is 0 Å². The molecule has 0 radical (unpaired) electrons. The largest absolute Gasteiger partial charge is 0.456 e. The summed E-state index contributed by atoms with van der Waals surface area (Å²) in [7, 11) is 0. The lowest BCUT2D eigenvalue weighted by Crippen LogP contribution is -2.81. The van der Waals surface area contributed by atoms with Gasteiger partial charge >= 0.3 is 12.1 Å². The van der Waals surface area contributed by atoms with Crippen molar-refractivity contribution in [1.29, 1.82) is 0 Å². The van der Waals surface area contributed by atoms with Gasteiger partial charge in [-0.3, -0.25) is 24.6 Å². The molecule has 0 saturated carbocycles. The first-order valence-electron chi connectivity index (χ1n) is 14.0. The van der Waals surface area contributed by atoms with Crippen LogP contribution < -0.4 is 10.6 Å². The summed E-state index contributed by atoms with van der Waals surface area (Å²) >= 11 is 21.9. The third-order valence-electron chi connectivity index (χ3n) is 6.85. The van der Waals surface area contributed by atoms with Gasteiger partial charge in [-0.25, -0.2) is 9.59 Å². The number of carbonyl (C=O) groups is 4. The van der Waals surface area contributed by atoms with E-state index in [4.69, 9.17) is 49.0 Å². The number of fused-ring (bicyclic) bond motifs is 1. The SMILES string of the molecule is CCCOC1(NC(=O)C(NC(=O)OCc2ccc([N+](=O)[O-])cc2)c2ccccc2)C(=O)N2C(C(=O)OCC(Cl)(Cl)Cl)=C(CBr)CS[C@H]21. The van der Waals surface area contributed by atoms with Gasteiger partial charge in [-0.2, -0.15) is 0 Å². The number of rotatable bonds is 13. The van der Waals surface area contributed by atoms with Crippen LogP contribution in [0.5, 0.6) is 0 Å². The number of hydrogen-bond donors (Lipinski definition) is 2. The molecule has 2 aliphatic rings. The van der Waals surface area contributed by atoms with Crippen molar-refractivity contribution < 1.29 is 38.3 Å². The third-order valence-corrected chi connectivity index (χ3v) is 9.23. The number of esters is 1. The highest BCUT2D eigenvalue weighted by Crippen LogP contribution is 2.47. The molecule has 252 valence electrons. The minimum Gasteiger partial charge on any atom is -0.456 e. The fraction of sp³-hybridized carbons (Fsp3) is 0.379. The number of β-lactam (4-membered cyclic amide) rings is 1. The molecule has 18 heteroatoms. The van der Waals surface area contributed by atoms with Crippen molar-refractivity contribution in [3.05, 3.63) is 87.1 Å². The number of nitrogens with zero attached hydrogens (tertiary/aromatic N) is 2. The molecule has 3 atom stereocenters. The Kier molecular flexibility index (Phi) is 12.4. The summed E-state index contributed by atoms with van der Waals surface area (Å²) in [5.41, 5.74) is -0.670. The summed E-state index contributed by atoms with van der Waals surface area (Å²) in [4.78, 5) is 65.4. The van der Waals surface area contributed by atoms with Gasteiger partial charge in [0.15, 0.2) is 0 Å². The summed E-state index contributed by atoms with van der Waals surface area (Å²) < 4.78 is 14.6. The van der Waals surface area contributed by atoms with E-state index in [0.29, 0.717) is 23.1 Å². The van der Waals surface area contributed by atoms with Crippen molar-refractivity contribution in [3.63, 3.8) is 0 Å². The van der Waals surface area contributed by atoms with Crippen molar-refractivity contribution in [2.45, 2.75) is 40.9 Å². The van der Waals surface area contributed by atoms with Crippen LogP contribution in [0.1, 0.15) is 30.5 Å². The van der Waals surface area contributed by atoms with Crippen LogP contribution >= 0.6 is 62.5 Å². The van der Waals surface area contributed by atoms with Crippen molar-refractivity contribution in [1.82, 2.24) is 15.5 Å². The predicted molar refractivity (Wildman–Crippen MR) is 178 cm³/mol. The smallest absolute Gasteiger partial charge is 0.408 e. The molecule has 0 spiro atoms. The number of nitrogens with one attached hydrogen (secondary N) is 2. The quantitative estimate of drug-likeness (QED) is 0.0681. The zero-order chi connectivity index (χ0) is 34.4. The average molecular weight is 795 g/mol. The minimum absolute atomic E-state index is 0.0533. The number of halogens is 4. The number of thioether (sulfide) groups is 1. The van der Waals surface area contributed by atoms with E-state index in [1.54, 1.807) is 30.3 Å². The van der Waals surface area contributed by atoms with Gasteiger partial charge in [0, 0.05) is 29.8 Å². The molecule has 2 unspecified atom stereocenters. The topological polar surface area (TPSA) is 166 Å². The Hall–Kier alpha value is -3.08. The molecule has 1 fully saturated rings. The van der Waals surface area contributed by atoms with Crippen LogP contribution in [-0.2, 0) is 35.2 Å². The fourth-order valence-corrected chi connectivity index (χ4v) is 6.97. The molecular weight excluding hydrogens is 767 g/mol. The number of carbonyl (C=O) groups excluding carboxylic acids is 4. The average Bonchev–Trinajstić information content (AvgIpc) is 3.06. The van der Waals surface area contributed by atoms with Gasteiger partial charge < -0.3 is 24.8 Å². The molecule has 0 aliphatic carbocycles. The van der Waals surface area contributed by atoms with Gasteiger partial charge in [-0.05, 0) is 35.3 Å². The van der Waals surface area contributed by atoms with Crippen molar-refractivity contribution in [2.75, 3.05) is 24.3 Å². The molecule has 2 aliphatic heterocycles. The van der Waals surface area contributed by atoms with Crippen LogP contribution in [0.25, 0.3) is 0 Å². The van der Waals surface area contributed by atoms with Gasteiger partial charge in [0.1, 0.15) is 30.3 Å². The maximum atomic E-state index is 13.9. The second-order valence-electron chi connectivity index (χ2n) is 10.2. The number of nitro groups is 1. The molecule has 0 bridgehead atoms. The van der Waals surface area contributed by atoms with Crippen LogP contribution in [0.2, 0.25) is 0 Å².